The lowest BCUT2D eigenvalue weighted by molar-refractivity contribution is 0.119. The highest BCUT2D eigenvalue weighted by molar-refractivity contribution is 5.41. The molecule has 1 aliphatic rings. The molecule has 0 saturated carbocycles. The molecule has 2 rings (SSSR count). The summed E-state index contributed by atoms with van der Waals surface area (Å²) in [6, 6.07) is 4.30. The Morgan fingerprint density at radius 1 is 1.19 bits per heavy atom. The van der Waals surface area contributed by atoms with E-state index >= 15 is 0 Å². The van der Waals surface area contributed by atoms with Gasteiger partial charge in [-0.2, -0.15) is 0 Å². The number of rotatable bonds is 2. The summed E-state index contributed by atoms with van der Waals surface area (Å²) in [5.74, 6) is -0.383. The van der Waals surface area contributed by atoms with E-state index < -0.39 is 6.10 Å². The summed E-state index contributed by atoms with van der Waals surface area (Å²) < 4.78 is 0. The summed E-state index contributed by atoms with van der Waals surface area (Å²) in [5, 5.41) is 35.0. The normalized spacial score (nSPS) is 22.9. The number of benzene rings is 1. The first kappa shape index (κ1) is 11.2. The van der Waals surface area contributed by atoms with Gasteiger partial charge in [-0.05, 0) is 17.7 Å². The van der Waals surface area contributed by atoms with Crippen molar-refractivity contribution in [2.75, 3.05) is 19.6 Å². The number of phenols is 2. The summed E-state index contributed by atoms with van der Waals surface area (Å²) in [5.41, 5.74) is 0.594. The second-order valence-electron chi connectivity index (χ2n) is 3.96. The smallest absolute Gasteiger partial charge is 0.157 e. The minimum atomic E-state index is -0.695. The summed E-state index contributed by atoms with van der Waals surface area (Å²) in [4.78, 5) is 0. The average molecular weight is 224 g/mol. The Morgan fingerprint density at radius 3 is 2.62 bits per heavy atom. The highest BCUT2D eigenvalue weighted by Crippen LogP contribution is 2.28. The molecule has 0 spiro atoms. The van der Waals surface area contributed by atoms with E-state index in [4.69, 9.17) is 0 Å². The van der Waals surface area contributed by atoms with E-state index in [0.29, 0.717) is 12.1 Å². The van der Waals surface area contributed by atoms with Gasteiger partial charge in [0.2, 0.25) is 0 Å². The maximum Gasteiger partial charge on any atom is 0.157 e. The summed E-state index contributed by atoms with van der Waals surface area (Å²) in [7, 11) is 0. The van der Waals surface area contributed by atoms with Crippen molar-refractivity contribution in [3.63, 3.8) is 0 Å². The summed E-state index contributed by atoms with van der Waals surface area (Å²) in [6.07, 6.45) is -0.695. The van der Waals surface area contributed by atoms with Crippen LogP contribution in [0.1, 0.15) is 11.7 Å². The van der Waals surface area contributed by atoms with Crippen LogP contribution >= 0.6 is 0 Å². The van der Waals surface area contributed by atoms with Gasteiger partial charge in [0.05, 0.1) is 6.10 Å². The third-order valence-corrected chi connectivity index (χ3v) is 2.79. The highest BCUT2D eigenvalue weighted by atomic mass is 16.3. The van der Waals surface area contributed by atoms with Crippen LogP contribution in [0.3, 0.4) is 0 Å². The highest BCUT2D eigenvalue weighted by Gasteiger charge is 2.22. The lowest BCUT2D eigenvalue weighted by Crippen LogP contribution is -2.51. The molecule has 5 N–H and O–H groups in total. The monoisotopic (exact) mass is 224 g/mol. The van der Waals surface area contributed by atoms with Gasteiger partial charge >= 0.3 is 0 Å². The van der Waals surface area contributed by atoms with Crippen LogP contribution in [0.2, 0.25) is 0 Å². The van der Waals surface area contributed by atoms with Gasteiger partial charge in [0.15, 0.2) is 11.5 Å². The van der Waals surface area contributed by atoms with E-state index in [1.807, 2.05) is 0 Å². The van der Waals surface area contributed by atoms with Gasteiger partial charge in [-0.3, -0.25) is 0 Å². The molecule has 1 aromatic carbocycles. The maximum absolute atomic E-state index is 10.1. The van der Waals surface area contributed by atoms with E-state index in [1.165, 1.54) is 12.1 Å². The molecule has 0 bridgehead atoms. The van der Waals surface area contributed by atoms with Crippen molar-refractivity contribution < 1.29 is 15.3 Å². The van der Waals surface area contributed by atoms with Crippen LogP contribution in [0, 0.1) is 0 Å². The lowest BCUT2D eigenvalue weighted by Gasteiger charge is -2.29. The number of piperazine rings is 1. The Hall–Kier alpha value is -1.30. The van der Waals surface area contributed by atoms with Crippen molar-refractivity contribution in [3.05, 3.63) is 23.8 Å². The first-order valence-corrected chi connectivity index (χ1v) is 5.32. The molecule has 88 valence electrons. The van der Waals surface area contributed by atoms with E-state index in [-0.39, 0.29) is 17.5 Å². The number of aliphatic hydroxyl groups is 1. The number of aliphatic hydroxyl groups excluding tert-OH is 1. The molecule has 1 aromatic rings. The Labute approximate surface area is 93.7 Å². The average Bonchev–Trinajstić information content (AvgIpc) is 2.33. The molecule has 0 unspecified atom stereocenters. The zero-order chi connectivity index (χ0) is 11.5. The van der Waals surface area contributed by atoms with Gasteiger partial charge in [-0.25, -0.2) is 0 Å². The molecular formula is C11H16N2O3. The van der Waals surface area contributed by atoms with Crippen molar-refractivity contribution in [3.8, 4) is 11.5 Å². The SMILES string of the molecule is Oc1ccc([C@H](O)[C@H]2CNCCN2)cc1O. The Morgan fingerprint density at radius 2 is 2.00 bits per heavy atom. The van der Waals surface area contributed by atoms with E-state index in [1.54, 1.807) is 6.07 Å². The van der Waals surface area contributed by atoms with Gasteiger partial charge in [-0.15, -0.1) is 0 Å². The molecule has 1 saturated heterocycles. The number of hydrogen-bond acceptors (Lipinski definition) is 5. The van der Waals surface area contributed by atoms with Gasteiger partial charge < -0.3 is 26.0 Å². The molecule has 5 heteroatoms. The van der Waals surface area contributed by atoms with Crippen LogP contribution in [0.25, 0.3) is 0 Å². The van der Waals surface area contributed by atoms with Crippen LogP contribution in [0.15, 0.2) is 18.2 Å². The summed E-state index contributed by atoms with van der Waals surface area (Å²) >= 11 is 0. The molecule has 1 aliphatic heterocycles. The fourth-order valence-electron chi connectivity index (χ4n) is 1.86. The zero-order valence-electron chi connectivity index (χ0n) is 8.85. The molecule has 0 aromatic heterocycles. The number of aromatic hydroxyl groups is 2. The molecule has 2 atom stereocenters. The third kappa shape index (κ3) is 2.27. The summed E-state index contributed by atoms with van der Waals surface area (Å²) in [6.45, 7) is 2.39. The molecule has 5 nitrogen and oxygen atoms in total. The van der Waals surface area contributed by atoms with Crippen molar-refractivity contribution in [1.82, 2.24) is 10.6 Å². The lowest BCUT2D eigenvalue weighted by atomic mass is 10.0. The third-order valence-electron chi connectivity index (χ3n) is 2.79. The first-order chi connectivity index (χ1) is 7.68. The molecule has 0 radical (unpaired) electrons. The fourth-order valence-corrected chi connectivity index (χ4v) is 1.86. The maximum atomic E-state index is 10.1. The largest absolute Gasteiger partial charge is 0.504 e. The molecule has 16 heavy (non-hydrogen) atoms. The van der Waals surface area contributed by atoms with E-state index in [2.05, 4.69) is 10.6 Å². The second kappa shape index (κ2) is 4.69. The van der Waals surface area contributed by atoms with Crippen molar-refractivity contribution >= 4 is 0 Å². The number of hydrogen-bond donors (Lipinski definition) is 5. The van der Waals surface area contributed by atoms with Crippen molar-refractivity contribution in [1.29, 1.82) is 0 Å². The molecule has 0 aliphatic carbocycles. The molecule has 1 fully saturated rings. The minimum absolute atomic E-state index is 0.0716. The Kier molecular flexibility index (Phi) is 3.28. The Balaban J connectivity index is 2.12. The zero-order valence-corrected chi connectivity index (χ0v) is 8.85. The topological polar surface area (TPSA) is 84.8 Å². The van der Waals surface area contributed by atoms with Crippen LogP contribution < -0.4 is 10.6 Å². The van der Waals surface area contributed by atoms with Crippen molar-refractivity contribution in [2.45, 2.75) is 12.1 Å². The van der Waals surface area contributed by atoms with Gasteiger partial charge in [-0.1, -0.05) is 6.07 Å². The molecule has 0 amide bonds. The van der Waals surface area contributed by atoms with Crippen LogP contribution in [-0.4, -0.2) is 41.0 Å². The van der Waals surface area contributed by atoms with E-state index in [9.17, 15) is 15.3 Å². The van der Waals surface area contributed by atoms with E-state index in [0.717, 1.165) is 13.1 Å². The van der Waals surface area contributed by atoms with Gasteiger partial charge in [0, 0.05) is 25.7 Å². The van der Waals surface area contributed by atoms with Crippen LogP contribution in [-0.2, 0) is 0 Å². The second-order valence-corrected chi connectivity index (χ2v) is 3.96. The van der Waals surface area contributed by atoms with Crippen LogP contribution in [0.4, 0.5) is 0 Å². The molecule has 1 heterocycles. The number of phenolic OH excluding ortho intramolecular Hbond substituents is 2. The van der Waals surface area contributed by atoms with Crippen LogP contribution in [0.5, 0.6) is 11.5 Å². The van der Waals surface area contributed by atoms with Gasteiger partial charge in [0.25, 0.3) is 0 Å². The van der Waals surface area contributed by atoms with Crippen molar-refractivity contribution in [2.24, 2.45) is 0 Å². The van der Waals surface area contributed by atoms with Gasteiger partial charge in [0.1, 0.15) is 0 Å². The first-order valence-electron chi connectivity index (χ1n) is 5.32. The standard InChI is InChI=1S/C11H16N2O3/c14-9-2-1-7(5-10(9)15)11(16)8-6-12-3-4-13-8/h1-2,5,8,11-16H,3-4,6H2/t8-,11+/m1/s1. The predicted molar refractivity (Wildman–Crippen MR) is 59.4 cm³/mol. The minimum Gasteiger partial charge on any atom is -0.504 e. The fraction of sp³-hybridized carbons (Fsp3) is 0.455. The quantitative estimate of drug-likeness (QED) is 0.445. The number of nitrogens with one attached hydrogen (secondary N) is 2. The molecular weight excluding hydrogens is 208 g/mol. The Bertz CT molecular complexity index is 364. The predicted octanol–water partition coefficient (Wildman–Crippen LogP) is -0.307.